The molecule has 0 fully saturated rings. The smallest absolute Gasteiger partial charge is 0.410 e. The minimum atomic E-state index is -0.543. The van der Waals surface area contributed by atoms with E-state index in [9.17, 15) is 9.59 Å². The Bertz CT molecular complexity index is 547. The second-order valence-corrected chi connectivity index (χ2v) is 5.71. The first-order valence-corrected chi connectivity index (χ1v) is 6.89. The molecule has 0 atom stereocenters. The second kappa shape index (κ2) is 5.71. The van der Waals surface area contributed by atoms with E-state index in [1.54, 1.807) is 16.4 Å². The molecule has 2 heterocycles. The van der Waals surface area contributed by atoms with Gasteiger partial charge < -0.3 is 14.0 Å². The van der Waals surface area contributed by atoms with Gasteiger partial charge in [-0.3, -0.25) is 4.90 Å². The number of esters is 1. The third-order valence-corrected chi connectivity index (χ3v) is 2.86. The summed E-state index contributed by atoms with van der Waals surface area (Å²) in [5.74, 6) is 0.229. The van der Waals surface area contributed by atoms with Gasteiger partial charge in [-0.25, -0.2) is 9.59 Å². The average molecular weight is 296 g/mol. The highest BCUT2D eigenvalue weighted by molar-refractivity contribution is 5.85. The van der Waals surface area contributed by atoms with Crippen molar-refractivity contribution in [3.63, 3.8) is 0 Å². The number of aromatic nitrogens is 3. The first-order chi connectivity index (χ1) is 9.81. The van der Waals surface area contributed by atoms with E-state index in [1.165, 1.54) is 0 Å². The topological polar surface area (TPSA) is 86.5 Å². The van der Waals surface area contributed by atoms with Crippen LogP contribution in [0, 0.1) is 0 Å². The van der Waals surface area contributed by atoms with E-state index in [0.717, 1.165) is 0 Å². The SMILES string of the molecule is CCOC(=O)c1nnc2n1CCN(C(=O)OC(C)(C)C)C2. The second-order valence-electron chi connectivity index (χ2n) is 5.71. The van der Waals surface area contributed by atoms with Crippen LogP contribution in [0.2, 0.25) is 0 Å². The van der Waals surface area contributed by atoms with Crippen LogP contribution >= 0.6 is 0 Å². The van der Waals surface area contributed by atoms with Gasteiger partial charge >= 0.3 is 12.1 Å². The Hall–Kier alpha value is -2.12. The summed E-state index contributed by atoms with van der Waals surface area (Å²) in [5.41, 5.74) is -0.543. The zero-order chi connectivity index (χ0) is 15.6. The standard InChI is InChI=1S/C13H20N4O4/c1-5-20-11(18)10-15-14-9-8-16(6-7-17(9)10)12(19)21-13(2,3)4/h5-8H2,1-4H3. The summed E-state index contributed by atoms with van der Waals surface area (Å²) in [6.45, 7) is 8.60. The Morgan fingerprint density at radius 1 is 1.24 bits per heavy atom. The van der Waals surface area contributed by atoms with Gasteiger partial charge in [0.25, 0.3) is 0 Å². The Morgan fingerprint density at radius 2 is 1.95 bits per heavy atom. The molecule has 0 bridgehead atoms. The number of rotatable bonds is 2. The molecule has 21 heavy (non-hydrogen) atoms. The molecular weight excluding hydrogens is 276 g/mol. The van der Waals surface area contributed by atoms with Gasteiger partial charge in [0.2, 0.25) is 5.82 Å². The molecule has 0 radical (unpaired) electrons. The van der Waals surface area contributed by atoms with Gasteiger partial charge in [-0.05, 0) is 27.7 Å². The van der Waals surface area contributed by atoms with Crippen LogP contribution in [-0.2, 0) is 22.6 Å². The van der Waals surface area contributed by atoms with Crippen molar-refractivity contribution in [1.29, 1.82) is 0 Å². The first kappa shape index (κ1) is 15.3. The number of carbonyl (C=O) groups excluding carboxylic acids is 2. The molecule has 0 aliphatic carbocycles. The third kappa shape index (κ3) is 3.50. The molecule has 0 N–H and O–H groups in total. The summed E-state index contributed by atoms with van der Waals surface area (Å²) in [6.07, 6.45) is -0.394. The van der Waals surface area contributed by atoms with E-state index >= 15 is 0 Å². The van der Waals surface area contributed by atoms with Crippen molar-refractivity contribution in [2.75, 3.05) is 13.2 Å². The van der Waals surface area contributed by atoms with Crippen molar-refractivity contribution in [2.45, 2.75) is 46.4 Å². The Morgan fingerprint density at radius 3 is 2.57 bits per heavy atom. The fraction of sp³-hybridized carbons (Fsp3) is 0.692. The molecule has 1 aliphatic rings. The molecule has 1 aromatic heterocycles. The van der Waals surface area contributed by atoms with Gasteiger partial charge in [-0.2, -0.15) is 0 Å². The first-order valence-electron chi connectivity index (χ1n) is 6.89. The Balaban J connectivity index is 2.09. The van der Waals surface area contributed by atoms with Crippen LogP contribution in [0.4, 0.5) is 4.79 Å². The number of hydrogen-bond acceptors (Lipinski definition) is 6. The van der Waals surface area contributed by atoms with Crippen LogP contribution < -0.4 is 0 Å². The molecule has 1 amide bonds. The molecule has 0 saturated heterocycles. The zero-order valence-electron chi connectivity index (χ0n) is 12.8. The number of hydrogen-bond donors (Lipinski definition) is 0. The van der Waals surface area contributed by atoms with Crippen molar-refractivity contribution >= 4 is 12.1 Å². The van der Waals surface area contributed by atoms with Gasteiger partial charge in [-0.15, -0.1) is 10.2 Å². The molecular formula is C13H20N4O4. The summed E-state index contributed by atoms with van der Waals surface area (Å²) in [7, 11) is 0. The van der Waals surface area contributed by atoms with E-state index in [1.807, 2.05) is 20.8 Å². The number of carbonyl (C=O) groups is 2. The summed E-state index contributed by atoms with van der Waals surface area (Å²) in [4.78, 5) is 25.3. The monoisotopic (exact) mass is 296 g/mol. The van der Waals surface area contributed by atoms with Crippen LogP contribution in [0.5, 0.6) is 0 Å². The molecule has 8 heteroatoms. The minimum Gasteiger partial charge on any atom is -0.460 e. The predicted octanol–water partition coefficient (Wildman–Crippen LogP) is 1.21. The molecule has 1 aliphatic heterocycles. The maximum absolute atomic E-state index is 12.0. The molecule has 8 nitrogen and oxygen atoms in total. The van der Waals surface area contributed by atoms with Crippen molar-refractivity contribution < 1.29 is 19.1 Å². The highest BCUT2D eigenvalue weighted by atomic mass is 16.6. The number of ether oxygens (including phenoxy) is 2. The van der Waals surface area contributed by atoms with E-state index < -0.39 is 17.7 Å². The van der Waals surface area contributed by atoms with Crippen LogP contribution in [0.1, 0.15) is 44.1 Å². The molecule has 2 rings (SSSR count). The maximum Gasteiger partial charge on any atom is 0.410 e. The van der Waals surface area contributed by atoms with Crippen molar-refractivity contribution in [3.05, 3.63) is 11.6 Å². The number of amides is 1. The highest BCUT2D eigenvalue weighted by Gasteiger charge is 2.29. The molecule has 0 unspecified atom stereocenters. The summed E-state index contributed by atoms with van der Waals surface area (Å²) >= 11 is 0. The molecule has 116 valence electrons. The molecule has 1 aromatic rings. The van der Waals surface area contributed by atoms with Gasteiger partial charge in [0, 0.05) is 13.1 Å². The molecule has 0 aromatic carbocycles. The maximum atomic E-state index is 12.0. The van der Waals surface area contributed by atoms with Crippen molar-refractivity contribution in [3.8, 4) is 0 Å². The average Bonchev–Trinajstić information content (AvgIpc) is 2.79. The normalized spacial score (nSPS) is 14.6. The highest BCUT2D eigenvalue weighted by Crippen LogP contribution is 2.16. The lowest BCUT2D eigenvalue weighted by Gasteiger charge is -2.30. The van der Waals surface area contributed by atoms with Crippen molar-refractivity contribution in [1.82, 2.24) is 19.7 Å². The van der Waals surface area contributed by atoms with Gasteiger partial charge in [0.05, 0.1) is 13.2 Å². The largest absolute Gasteiger partial charge is 0.460 e. The summed E-state index contributed by atoms with van der Waals surface area (Å²) in [5, 5.41) is 7.80. The van der Waals surface area contributed by atoms with Crippen LogP contribution in [0.15, 0.2) is 0 Å². The van der Waals surface area contributed by atoms with Gasteiger partial charge in [-0.1, -0.05) is 0 Å². The van der Waals surface area contributed by atoms with Crippen LogP contribution in [0.25, 0.3) is 0 Å². The number of fused-ring (bicyclic) bond motifs is 1. The van der Waals surface area contributed by atoms with Crippen molar-refractivity contribution in [2.24, 2.45) is 0 Å². The van der Waals surface area contributed by atoms with E-state index in [4.69, 9.17) is 9.47 Å². The van der Waals surface area contributed by atoms with E-state index in [-0.39, 0.29) is 19.0 Å². The fourth-order valence-electron chi connectivity index (χ4n) is 1.99. The van der Waals surface area contributed by atoms with E-state index in [2.05, 4.69) is 10.2 Å². The molecule has 0 saturated carbocycles. The van der Waals surface area contributed by atoms with E-state index in [0.29, 0.717) is 18.9 Å². The predicted molar refractivity (Wildman–Crippen MR) is 72.6 cm³/mol. The summed E-state index contributed by atoms with van der Waals surface area (Å²) < 4.78 is 11.9. The zero-order valence-corrected chi connectivity index (χ0v) is 12.8. The minimum absolute atomic E-state index is 0.177. The van der Waals surface area contributed by atoms with Crippen LogP contribution in [0.3, 0.4) is 0 Å². The lowest BCUT2D eigenvalue weighted by atomic mass is 10.2. The Labute approximate surface area is 123 Å². The van der Waals surface area contributed by atoms with Crippen LogP contribution in [-0.4, -0.2) is 50.5 Å². The van der Waals surface area contributed by atoms with Gasteiger partial charge in [0.1, 0.15) is 5.60 Å². The third-order valence-electron chi connectivity index (χ3n) is 2.86. The quantitative estimate of drug-likeness (QED) is 0.762. The number of nitrogens with zero attached hydrogens (tertiary/aromatic N) is 4. The lowest BCUT2D eigenvalue weighted by molar-refractivity contribution is 0.0193. The van der Waals surface area contributed by atoms with Gasteiger partial charge in [0.15, 0.2) is 5.82 Å². The fourth-order valence-corrected chi connectivity index (χ4v) is 1.99. The Kier molecular flexibility index (Phi) is 4.15. The molecule has 0 spiro atoms. The summed E-state index contributed by atoms with van der Waals surface area (Å²) in [6, 6.07) is 0. The lowest BCUT2D eigenvalue weighted by Crippen LogP contribution is -2.42.